The standard InChI is InChI=1S/C42H57N2O/c1-28(2)9-8-10-29(3)35-15-16-36-34-24-39(42-25-33(42)17-20-41(42,5)37(34)18-19-40(35,36)4)44-22-21-43(27-44)26-38(45)32-14-13-30-11-6-7-12-31(30)23-32/h6-7,11-14,21-23,27-29,33-37,39H,8-10,15-20,24-26H2,1-5H3/q+1/t29-,33-,34+,35-,36+,37+,39+,40-,41-,42+/m1/s1. The Hall–Kier alpha value is -2.42. The summed E-state index contributed by atoms with van der Waals surface area (Å²) in [6.45, 7) is 13.3. The largest absolute Gasteiger partial charge is 0.290 e. The lowest BCUT2D eigenvalue weighted by Crippen LogP contribution is -2.55. The molecule has 5 fully saturated rings. The first kappa shape index (κ1) is 29.9. The summed E-state index contributed by atoms with van der Waals surface area (Å²) < 4.78 is 4.76. The zero-order valence-corrected chi connectivity index (χ0v) is 28.7. The van der Waals surface area contributed by atoms with Gasteiger partial charge in [-0.15, -0.1) is 0 Å². The maximum Gasteiger partial charge on any atom is 0.244 e. The molecular formula is C42H57N2O+. The lowest BCUT2D eigenvalue weighted by molar-refractivity contribution is -0.682. The number of imidazole rings is 1. The van der Waals surface area contributed by atoms with Gasteiger partial charge in [-0.3, -0.25) is 4.79 Å². The van der Waals surface area contributed by atoms with Crippen LogP contribution in [0.1, 0.15) is 122 Å². The highest BCUT2D eigenvalue weighted by Crippen LogP contribution is 2.84. The summed E-state index contributed by atoms with van der Waals surface area (Å²) in [5, 5.41) is 2.33. The Morgan fingerprint density at radius 1 is 0.956 bits per heavy atom. The topological polar surface area (TPSA) is 25.9 Å². The van der Waals surface area contributed by atoms with Crippen LogP contribution in [0.3, 0.4) is 0 Å². The van der Waals surface area contributed by atoms with E-state index in [0.717, 1.165) is 52.4 Å². The molecule has 8 rings (SSSR count). The fraction of sp³-hybridized carbons (Fsp3) is 0.667. The van der Waals surface area contributed by atoms with E-state index in [9.17, 15) is 4.79 Å². The summed E-state index contributed by atoms with van der Waals surface area (Å²) in [4.78, 5) is 13.5. The number of carbonyl (C=O) groups is 1. The van der Waals surface area contributed by atoms with Crippen molar-refractivity contribution in [2.45, 2.75) is 118 Å². The normalized spacial score (nSPS) is 38.9. The Bertz CT molecular complexity index is 1590. The lowest BCUT2D eigenvalue weighted by atomic mass is 9.44. The van der Waals surface area contributed by atoms with Crippen molar-refractivity contribution in [1.82, 2.24) is 4.57 Å². The van der Waals surface area contributed by atoms with Crippen LogP contribution in [0, 0.1) is 57.7 Å². The first-order valence-electron chi connectivity index (χ1n) is 18.7. The fourth-order valence-electron chi connectivity index (χ4n) is 13.0. The van der Waals surface area contributed by atoms with Gasteiger partial charge in [0.05, 0.1) is 0 Å². The van der Waals surface area contributed by atoms with Crippen molar-refractivity contribution in [1.29, 1.82) is 0 Å². The fourth-order valence-corrected chi connectivity index (χ4v) is 13.0. The number of rotatable bonds is 9. The van der Waals surface area contributed by atoms with Gasteiger partial charge in [-0.1, -0.05) is 90.3 Å². The number of fused-ring (bicyclic) bond motifs is 5. The van der Waals surface area contributed by atoms with E-state index in [-0.39, 0.29) is 5.78 Å². The molecule has 1 aromatic heterocycles. The molecule has 0 radical (unpaired) electrons. The Balaban J connectivity index is 1.04. The minimum Gasteiger partial charge on any atom is -0.290 e. The zero-order chi connectivity index (χ0) is 31.1. The van der Waals surface area contributed by atoms with Gasteiger partial charge in [-0.25, -0.2) is 9.13 Å². The van der Waals surface area contributed by atoms with Crippen LogP contribution in [0.5, 0.6) is 0 Å². The second-order valence-electron chi connectivity index (χ2n) is 17.6. The molecular weight excluding hydrogens is 548 g/mol. The first-order chi connectivity index (χ1) is 21.6. The Morgan fingerprint density at radius 3 is 2.58 bits per heavy atom. The number of benzene rings is 2. The van der Waals surface area contributed by atoms with Crippen molar-refractivity contribution in [2.75, 3.05) is 0 Å². The number of ketones is 1. The van der Waals surface area contributed by atoms with Gasteiger partial charge in [0.25, 0.3) is 0 Å². The number of Topliss-reactive ketones (excluding diaryl/α,β-unsaturated/α-hetero) is 1. The van der Waals surface area contributed by atoms with Crippen molar-refractivity contribution < 1.29 is 9.36 Å². The van der Waals surface area contributed by atoms with Gasteiger partial charge in [-0.2, -0.15) is 0 Å². The van der Waals surface area contributed by atoms with E-state index in [0.29, 0.717) is 28.8 Å². The van der Waals surface area contributed by atoms with Crippen molar-refractivity contribution in [2.24, 2.45) is 57.7 Å². The highest BCUT2D eigenvalue weighted by atomic mass is 16.1. The second kappa shape index (κ2) is 10.8. The molecule has 3 nitrogen and oxygen atoms in total. The number of hydrogen-bond donors (Lipinski definition) is 0. The SMILES string of the molecule is CC(C)CCC[C@@H](C)[C@H]1CC[C@H]2[C@@H]3C[C@H](n4cc[n+](CC(=O)c5ccc6ccccc6c5)c4)[C@]45C[C@H]4CC[C@]5(C)[C@H]3CC[C@]12C. The Morgan fingerprint density at radius 2 is 1.78 bits per heavy atom. The molecule has 0 aliphatic heterocycles. The van der Waals surface area contributed by atoms with E-state index in [1.165, 1.54) is 76.0 Å². The zero-order valence-electron chi connectivity index (χ0n) is 28.7. The van der Waals surface area contributed by atoms with E-state index < -0.39 is 0 Å². The molecule has 5 aliphatic carbocycles. The second-order valence-corrected chi connectivity index (χ2v) is 17.6. The van der Waals surface area contributed by atoms with Crippen molar-refractivity contribution >= 4 is 16.6 Å². The van der Waals surface area contributed by atoms with Crippen molar-refractivity contribution in [3.05, 3.63) is 66.7 Å². The third-order valence-electron chi connectivity index (χ3n) is 15.2. The molecule has 0 amide bonds. The number of nitrogens with zero attached hydrogens (tertiary/aromatic N) is 2. The number of aromatic nitrogens is 2. The monoisotopic (exact) mass is 605 g/mol. The van der Waals surface area contributed by atoms with Crippen LogP contribution in [-0.2, 0) is 6.54 Å². The lowest BCUT2D eigenvalue weighted by Gasteiger charge is -2.60. The maximum atomic E-state index is 13.5. The molecule has 5 aliphatic rings. The van der Waals surface area contributed by atoms with Gasteiger partial charge in [0.1, 0.15) is 18.4 Å². The maximum absolute atomic E-state index is 13.5. The van der Waals surface area contributed by atoms with Crippen molar-refractivity contribution in [3.8, 4) is 0 Å². The molecule has 3 heteroatoms. The van der Waals surface area contributed by atoms with E-state index in [2.05, 4.69) is 98.9 Å². The van der Waals surface area contributed by atoms with E-state index in [1.54, 1.807) is 0 Å². The predicted octanol–water partition coefficient (Wildman–Crippen LogP) is 10.1. The summed E-state index contributed by atoms with van der Waals surface area (Å²) in [6, 6.07) is 15.1. The van der Waals surface area contributed by atoms with Crippen LogP contribution in [-0.4, -0.2) is 10.4 Å². The minimum atomic E-state index is 0.197. The third-order valence-corrected chi connectivity index (χ3v) is 15.2. The van der Waals surface area contributed by atoms with E-state index in [4.69, 9.17) is 0 Å². The molecule has 0 saturated heterocycles. The molecule has 1 spiro atoms. The minimum absolute atomic E-state index is 0.197. The van der Waals surface area contributed by atoms with E-state index >= 15 is 0 Å². The van der Waals surface area contributed by atoms with Crippen LogP contribution < -0.4 is 4.57 Å². The van der Waals surface area contributed by atoms with Gasteiger partial charge in [0.15, 0.2) is 6.54 Å². The number of carbonyl (C=O) groups excluding carboxylic acids is 1. The molecule has 5 saturated carbocycles. The Kier molecular flexibility index (Phi) is 7.20. The average molecular weight is 606 g/mol. The molecule has 0 unspecified atom stereocenters. The summed E-state index contributed by atoms with van der Waals surface area (Å²) in [5.74, 6) is 6.36. The van der Waals surface area contributed by atoms with Crippen LogP contribution in [0.15, 0.2) is 61.2 Å². The van der Waals surface area contributed by atoms with Gasteiger partial charge in [-0.05, 0) is 120 Å². The van der Waals surface area contributed by atoms with Gasteiger partial charge < -0.3 is 0 Å². The van der Waals surface area contributed by atoms with Gasteiger partial charge in [0.2, 0.25) is 12.1 Å². The summed E-state index contributed by atoms with van der Waals surface area (Å²) >= 11 is 0. The average Bonchev–Trinajstić information content (AvgIpc) is 3.24. The molecule has 2 aromatic carbocycles. The summed E-state index contributed by atoms with van der Waals surface area (Å²) in [7, 11) is 0. The van der Waals surface area contributed by atoms with Crippen LogP contribution in [0.2, 0.25) is 0 Å². The molecule has 1 heterocycles. The van der Waals surface area contributed by atoms with Gasteiger partial charge in [0, 0.05) is 11.0 Å². The van der Waals surface area contributed by atoms with Gasteiger partial charge >= 0.3 is 0 Å². The van der Waals surface area contributed by atoms with Crippen molar-refractivity contribution in [3.63, 3.8) is 0 Å². The van der Waals surface area contributed by atoms with Crippen LogP contribution in [0.25, 0.3) is 10.8 Å². The molecule has 10 atom stereocenters. The summed E-state index contributed by atoms with van der Waals surface area (Å²) in [6.07, 6.45) is 22.6. The molecule has 3 aromatic rings. The highest BCUT2D eigenvalue weighted by Gasteiger charge is 2.78. The molecule has 0 N–H and O–H groups in total. The first-order valence-corrected chi connectivity index (χ1v) is 18.7. The Labute approximate surface area is 272 Å². The third kappa shape index (κ3) is 4.56. The molecule has 45 heavy (non-hydrogen) atoms. The molecule has 240 valence electrons. The number of hydrogen-bond acceptors (Lipinski definition) is 1. The van der Waals surface area contributed by atoms with E-state index in [1.807, 2.05) is 6.07 Å². The van der Waals surface area contributed by atoms with Crippen LogP contribution >= 0.6 is 0 Å². The summed E-state index contributed by atoms with van der Waals surface area (Å²) in [5.41, 5.74) is 2.29. The van der Waals surface area contributed by atoms with Crippen LogP contribution in [0.4, 0.5) is 0 Å². The highest BCUT2D eigenvalue weighted by molar-refractivity contribution is 5.99. The smallest absolute Gasteiger partial charge is 0.244 e. The molecule has 0 bridgehead atoms. The predicted molar refractivity (Wildman–Crippen MR) is 183 cm³/mol. The quantitative estimate of drug-likeness (QED) is 0.176.